The van der Waals surface area contributed by atoms with Crippen molar-refractivity contribution >= 4 is 5.97 Å². The molecule has 1 fully saturated rings. The molecule has 5 nitrogen and oxygen atoms in total. The highest BCUT2D eigenvalue weighted by molar-refractivity contribution is 5.81. The van der Waals surface area contributed by atoms with E-state index in [1.807, 2.05) is 0 Å². The summed E-state index contributed by atoms with van der Waals surface area (Å²) in [5.74, 6) is -0.862. The molecule has 2 atom stereocenters. The van der Waals surface area contributed by atoms with Crippen LogP contribution in [0.25, 0.3) is 0 Å². The first-order valence-electron chi connectivity index (χ1n) is 3.27. The van der Waals surface area contributed by atoms with E-state index in [0.29, 0.717) is 0 Å². The molecule has 0 radical (unpaired) electrons. The van der Waals surface area contributed by atoms with Gasteiger partial charge in [-0.2, -0.15) is 0 Å². The number of ether oxygens (including phenoxy) is 1. The number of hydrogen-bond donors (Lipinski definition) is 3. The number of hydrogen-bond acceptors (Lipinski definition) is 5. The molecule has 0 aliphatic carbocycles. The maximum absolute atomic E-state index is 10.8. The highest BCUT2D eigenvalue weighted by atomic mass is 16.6. The standard InChI is InChI=1S/C6H10O5/c7-2-4-1-6(10,3-8)5(9)11-4/h4,7-8,10H,1-3H2. The molecule has 0 amide bonds. The summed E-state index contributed by atoms with van der Waals surface area (Å²) in [4.78, 5) is 10.8. The van der Waals surface area contributed by atoms with E-state index >= 15 is 0 Å². The maximum Gasteiger partial charge on any atom is 0.341 e. The summed E-state index contributed by atoms with van der Waals surface area (Å²) in [6.45, 7) is -0.990. The van der Waals surface area contributed by atoms with E-state index in [1.165, 1.54) is 0 Å². The second kappa shape index (κ2) is 2.77. The Kier molecular flexibility index (Phi) is 2.12. The van der Waals surface area contributed by atoms with Crippen LogP contribution in [-0.4, -0.2) is 46.2 Å². The largest absolute Gasteiger partial charge is 0.458 e. The Hall–Kier alpha value is -0.650. The van der Waals surface area contributed by atoms with E-state index in [1.54, 1.807) is 0 Å². The molecule has 11 heavy (non-hydrogen) atoms. The molecule has 0 aromatic heterocycles. The van der Waals surface area contributed by atoms with Crippen LogP contribution in [0.1, 0.15) is 6.42 Å². The van der Waals surface area contributed by atoms with Crippen LogP contribution in [0.15, 0.2) is 0 Å². The molecule has 1 aliphatic heterocycles. The Bertz CT molecular complexity index is 168. The summed E-state index contributed by atoms with van der Waals surface area (Å²) in [7, 11) is 0. The van der Waals surface area contributed by atoms with Gasteiger partial charge in [0.25, 0.3) is 0 Å². The molecular weight excluding hydrogens is 152 g/mol. The molecule has 2 unspecified atom stereocenters. The van der Waals surface area contributed by atoms with Gasteiger partial charge in [0.05, 0.1) is 13.2 Å². The minimum atomic E-state index is -1.80. The van der Waals surface area contributed by atoms with Crippen molar-refractivity contribution < 1.29 is 24.9 Å². The van der Waals surface area contributed by atoms with Crippen molar-refractivity contribution in [2.45, 2.75) is 18.1 Å². The zero-order valence-corrected chi connectivity index (χ0v) is 5.86. The fourth-order valence-corrected chi connectivity index (χ4v) is 0.994. The molecule has 0 bridgehead atoms. The van der Waals surface area contributed by atoms with Crippen molar-refractivity contribution in [2.75, 3.05) is 13.2 Å². The van der Waals surface area contributed by atoms with E-state index in [4.69, 9.17) is 10.2 Å². The number of cyclic esters (lactones) is 1. The molecule has 1 saturated heterocycles. The van der Waals surface area contributed by atoms with Gasteiger partial charge in [0.1, 0.15) is 6.10 Å². The third kappa shape index (κ3) is 1.35. The first-order valence-corrected chi connectivity index (χ1v) is 3.27. The third-order valence-corrected chi connectivity index (χ3v) is 1.68. The lowest BCUT2D eigenvalue weighted by molar-refractivity contribution is -0.158. The summed E-state index contributed by atoms with van der Waals surface area (Å²) in [5, 5.41) is 26.4. The number of rotatable bonds is 2. The summed E-state index contributed by atoms with van der Waals surface area (Å²) in [6.07, 6.45) is -0.724. The third-order valence-electron chi connectivity index (χ3n) is 1.68. The lowest BCUT2D eigenvalue weighted by atomic mass is 10.0. The van der Waals surface area contributed by atoms with Crippen LogP contribution in [-0.2, 0) is 9.53 Å². The monoisotopic (exact) mass is 162 g/mol. The second-order valence-electron chi connectivity index (χ2n) is 2.60. The van der Waals surface area contributed by atoms with Crippen LogP contribution in [0.4, 0.5) is 0 Å². The molecule has 1 heterocycles. The van der Waals surface area contributed by atoms with Crippen molar-refractivity contribution in [3.05, 3.63) is 0 Å². The zero-order chi connectivity index (χ0) is 8.48. The van der Waals surface area contributed by atoms with Gasteiger partial charge in [0.15, 0.2) is 5.60 Å². The maximum atomic E-state index is 10.8. The number of esters is 1. The quantitative estimate of drug-likeness (QED) is 0.409. The zero-order valence-electron chi connectivity index (χ0n) is 5.86. The topological polar surface area (TPSA) is 87.0 Å². The molecule has 3 N–H and O–H groups in total. The Morgan fingerprint density at radius 1 is 1.64 bits per heavy atom. The average molecular weight is 162 g/mol. The molecule has 0 aromatic rings. The number of aliphatic hydroxyl groups excluding tert-OH is 2. The van der Waals surface area contributed by atoms with Gasteiger partial charge in [-0.1, -0.05) is 0 Å². The number of carbonyl (C=O) groups excluding carboxylic acids is 1. The minimum absolute atomic E-state index is 0.0428. The average Bonchev–Trinajstić information content (AvgIpc) is 2.29. The van der Waals surface area contributed by atoms with Crippen molar-refractivity contribution in [2.24, 2.45) is 0 Å². The van der Waals surface area contributed by atoms with Crippen LogP contribution < -0.4 is 0 Å². The molecule has 0 saturated carbocycles. The molecule has 0 spiro atoms. The summed E-state index contributed by atoms with van der Waals surface area (Å²) in [6, 6.07) is 0. The molecule has 64 valence electrons. The van der Waals surface area contributed by atoms with E-state index < -0.39 is 24.3 Å². The van der Waals surface area contributed by atoms with E-state index in [2.05, 4.69) is 4.74 Å². The SMILES string of the molecule is O=C1OC(CO)CC1(O)CO. The van der Waals surface area contributed by atoms with Gasteiger partial charge in [-0.25, -0.2) is 4.79 Å². The van der Waals surface area contributed by atoms with Crippen LogP contribution in [0.2, 0.25) is 0 Å². The van der Waals surface area contributed by atoms with Crippen LogP contribution in [0.3, 0.4) is 0 Å². The fourth-order valence-electron chi connectivity index (χ4n) is 0.994. The fraction of sp³-hybridized carbons (Fsp3) is 0.833. The van der Waals surface area contributed by atoms with Gasteiger partial charge in [-0.05, 0) is 0 Å². The first-order chi connectivity index (χ1) is 5.12. The van der Waals surface area contributed by atoms with Crippen molar-refractivity contribution in [3.63, 3.8) is 0 Å². The summed E-state index contributed by atoms with van der Waals surface area (Å²) in [5.41, 5.74) is -1.80. The first kappa shape index (κ1) is 8.45. The lowest BCUT2D eigenvalue weighted by Gasteiger charge is -2.12. The van der Waals surface area contributed by atoms with Gasteiger partial charge >= 0.3 is 5.97 Å². The predicted octanol–water partition coefficient (Wildman–Crippen LogP) is -1.98. The van der Waals surface area contributed by atoms with Gasteiger partial charge in [0, 0.05) is 6.42 Å². The van der Waals surface area contributed by atoms with Gasteiger partial charge < -0.3 is 20.1 Å². The van der Waals surface area contributed by atoms with E-state index in [9.17, 15) is 9.90 Å². The Morgan fingerprint density at radius 2 is 2.27 bits per heavy atom. The summed E-state index contributed by atoms with van der Waals surface area (Å²) >= 11 is 0. The second-order valence-corrected chi connectivity index (χ2v) is 2.60. The molecule has 1 rings (SSSR count). The smallest absolute Gasteiger partial charge is 0.341 e. The number of aliphatic hydroxyl groups is 3. The van der Waals surface area contributed by atoms with Gasteiger partial charge in [-0.15, -0.1) is 0 Å². The van der Waals surface area contributed by atoms with Gasteiger partial charge in [0.2, 0.25) is 0 Å². The van der Waals surface area contributed by atoms with Crippen LogP contribution in [0, 0.1) is 0 Å². The molecule has 1 aliphatic rings. The Balaban J connectivity index is 2.65. The lowest BCUT2D eigenvalue weighted by Crippen LogP contribution is -2.38. The summed E-state index contributed by atoms with van der Waals surface area (Å²) < 4.78 is 4.52. The Labute approximate surface area is 63.2 Å². The molecule has 0 aromatic carbocycles. The van der Waals surface area contributed by atoms with Crippen molar-refractivity contribution in [3.8, 4) is 0 Å². The molecule has 5 heteroatoms. The molecular formula is C6H10O5. The van der Waals surface area contributed by atoms with E-state index in [0.717, 1.165) is 0 Å². The predicted molar refractivity (Wildman–Crippen MR) is 33.6 cm³/mol. The van der Waals surface area contributed by atoms with E-state index in [-0.39, 0.29) is 13.0 Å². The highest BCUT2D eigenvalue weighted by Crippen LogP contribution is 2.24. The van der Waals surface area contributed by atoms with Crippen LogP contribution >= 0.6 is 0 Å². The normalized spacial score (nSPS) is 37.4. The minimum Gasteiger partial charge on any atom is -0.458 e. The van der Waals surface area contributed by atoms with Gasteiger partial charge in [-0.3, -0.25) is 0 Å². The van der Waals surface area contributed by atoms with Crippen molar-refractivity contribution in [1.29, 1.82) is 0 Å². The Morgan fingerprint density at radius 3 is 2.55 bits per heavy atom. The van der Waals surface area contributed by atoms with Crippen LogP contribution in [0.5, 0.6) is 0 Å². The number of carbonyl (C=O) groups is 1. The van der Waals surface area contributed by atoms with Crippen molar-refractivity contribution in [1.82, 2.24) is 0 Å². The highest BCUT2D eigenvalue weighted by Gasteiger charge is 2.47.